The van der Waals surface area contributed by atoms with Gasteiger partial charge in [0.25, 0.3) is 0 Å². The number of rotatable bonds is 42. The van der Waals surface area contributed by atoms with Crippen LogP contribution >= 0.6 is 7.82 Å². The number of hydrogen-bond donors (Lipinski definition) is 1. The molecular weight excluding hydrogens is 790 g/mol. The SMILES string of the molecule is CCCCC/C=C\C/C=C\C/C=C\CC1OC1CCCC(=O)OC[C@H](COP(=O)(O)OCC[N+](C)(C)C)OC(=O)CCCCCCCCCCC/C=C\C/C=C\CCCCC. The Morgan fingerprint density at radius 2 is 1.10 bits per heavy atom. The van der Waals surface area contributed by atoms with Crippen LogP contribution in [-0.4, -0.2) is 87.1 Å². The zero-order valence-electron chi connectivity index (χ0n) is 39.3. The van der Waals surface area contributed by atoms with E-state index in [2.05, 4.69) is 74.6 Å². The molecule has 1 aliphatic heterocycles. The summed E-state index contributed by atoms with van der Waals surface area (Å²) in [7, 11) is 1.43. The van der Waals surface area contributed by atoms with Gasteiger partial charge in [-0.1, -0.05) is 145 Å². The van der Waals surface area contributed by atoms with Gasteiger partial charge in [-0.25, -0.2) is 4.57 Å². The molecule has 0 aromatic carbocycles. The van der Waals surface area contributed by atoms with E-state index in [1.807, 2.05) is 21.1 Å². The van der Waals surface area contributed by atoms with E-state index in [4.69, 9.17) is 23.3 Å². The van der Waals surface area contributed by atoms with Crippen LogP contribution in [0.4, 0.5) is 0 Å². The number of phosphoric ester groups is 1. The fourth-order valence-corrected chi connectivity index (χ4v) is 7.28. The van der Waals surface area contributed by atoms with Crippen LogP contribution in [0.5, 0.6) is 0 Å². The molecule has 1 aliphatic rings. The first-order valence-corrected chi connectivity index (χ1v) is 25.6. The molecular formula is C50H89NO9P+. The molecule has 1 saturated heterocycles. The van der Waals surface area contributed by atoms with Crippen LogP contribution in [0.2, 0.25) is 0 Å². The lowest BCUT2D eigenvalue weighted by molar-refractivity contribution is -0.870. The first-order chi connectivity index (χ1) is 29.5. The van der Waals surface area contributed by atoms with Crippen molar-refractivity contribution in [2.75, 3.05) is 47.5 Å². The number of ether oxygens (including phenoxy) is 3. The number of phosphoric acid groups is 1. The third-order valence-corrected chi connectivity index (χ3v) is 11.4. The van der Waals surface area contributed by atoms with Gasteiger partial charge in [-0.3, -0.25) is 18.6 Å². The van der Waals surface area contributed by atoms with Crippen LogP contribution < -0.4 is 0 Å². The lowest BCUT2D eigenvalue weighted by atomic mass is 10.1. The molecule has 3 unspecified atom stereocenters. The molecule has 0 aliphatic carbocycles. The van der Waals surface area contributed by atoms with Crippen LogP contribution in [-0.2, 0) is 37.4 Å². The van der Waals surface area contributed by atoms with Crippen molar-refractivity contribution in [1.82, 2.24) is 0 Å². The normalized spacial score (nSPS) is 17.3. The Balaban J connectivity index is 2.30. The third-order valence-electron chi connectivity index (χ3n) is 10.4. The smallest absolute Gasteiger partial charge is 0.462 e. The third kappa shape index (κ3) is 39.0. The Bertz CT molecular complexity index is 1290. The fraction of sp³-hybridized carbons (Fsp3) is 0.760. The minimum Gasteiger partial charge on any atom is -0.462 e. The van der Waals surface area contributed by atoms with Crippen LogP contribution in [0.25, 0.3) is 0 Å². The molecule has 0 bridgehead atoms. The molecule has 1 rings (SSSR count). The summed E-state index contributed by atoms with van der Waals surface area (Å²) < 4.78 is 40.2. The lowest BCUT2D eigenvalue weighted by Crippen LogP contribution is -2.37. The summed E-state index contributed by atoms with van der Waals surface area (Å²) in [6.07, 6.45) is 48.5. The Kier molecular flexibility index (Phi) is 35.5. The number of carbonyl (C=O) groups excluding carboxylic acids is 2. The Hall–Kier alpha value is -2.33. The van der Waals surface area contributed by atoms with E-state index in [0.717, 1.165) is 57.8 Å². The number of hydrogen-bond acceptors (Lipinski definition) is 8. The quantitative estimate of drug-likeness (QED) is 0.0159. The van der Waals surface area contributed by atoms with Crippen molar-refractivity contribution >= 4 is 19.8 Å². The summed E-state index contributed by atoms with van der Waals surface area (Å²) in [5.41, 5.74) is 0. The molecule has 10 nitrogen and oxygen atoms in total. The molecule has 0 aromatic rings. The lowest BCUT2D eigenvalue weighted by Gasteiger charge is -2.24. The average molecular weight is 879 g/mol. The van der Waals surface area contributed by atoms with E-state index in [1.165, 1.54) is 83.5 Å². The van der Waals surface area contributed by atoms with Crippen molar-refractivity contribution in [1.29, 1.82) is 0 Å². The Morgan fingerprint density at radius 3 is 1.66 bits per heavy atom. The van der Waals surface area contributed by atoms with Gasteiger partial charge < -0.3 is 23.6 Å². The molecule has 0 amide bonds. The van der Waals surface area contributed by atoms with Crippen molar-refractivity contribution in [3.8, 4) is 0 Å². The van der Waals surface area contributed by atoms with E-state index in [0.29, 0.717) is 23.9 Å². The summed E-state index contributed by atoms with van der Waals surface area (Å²) >= 11 is 0. The molecule has 0 radical (unpaired) electrons. The van der Waals surface area contributed by atoms with Gasteiger partial charge in [0, 0.05) is 12.8 Å². The highest BCUT2D eigenvalue weighted by molar-refractivity contribution is 7.47. The Labute approximate surface area is 372 Å². The first kappa shape index (κ1) is 56.7. The predicted molar refractivity (Wildman–Crippen MR) is 251 cm³/mol. The number of epoxide rings is 1. The second-order valence-corrected chi connectivity index (χ2v) is 19.0. The minimum absolute atomic E-state index is 0.0163. The highest BCUT2D eigenvalue weighted by Crippen LogP contribution is 2.43. The maximum Gasteiger partial charge on any atom is 0.472 e. The average Bonchev–Trinajstić information content (AvgIpc) is 3.97. The van der Waals surface area contributed by atoms with Crippen LogP contribution in [0.15, 0.2) is 60.8 Å². The second-order valence-electron chi connectivity index (χ2n) is 17.5. The summed E-state index contributed by atoms with van der Waals surface area (Å²) in [6, 6.07) is 0. The van der Waals surface area contributed by atoms with Crippen molar-refractivity contribution in [2.45, 2.75) is 199 Å². The van der Waals surface area contributed by atoms with E-state index in [-0.39, 0.29) is 38.3 Å². The maximum atomic E-state index is 12.8. The first-order valence-electron chi connectivity index (χ1n) is 24.1. The number of likely N-dealkylation sites (N-methyl/N-ethyl adjacent to an activating group) is 1. The molecule has 1 fully saturated rings. The van der Waals surface area contributed by atoms with Gasteiger partial charge >= 0.3 is 19.8 Å². The molecule has 11 heteroatoms. The topological polar surface area (TPSA) is 121 Å². The number of esters is 2. The zero-order valence-corrected chi connectivity index (χ0v) is 40.2. The standard InChI is InChI=1S/C50H88NO9P/c1-6-8-10-12-14-16-18-20-21-22-23-24-25-26-28-30-32-34-36-40-50(53)59-46(45-58-61(54,55)57-43-42-51(3,4)5)44-56-49(52)41-37-39-48-47(60-48)38-35-33-31-29-27-19-17-15-13-11-9-7-2/h14-17,20-21,27,29,33,35,46-48H,6-13,18-19,22-26,28,30-32,34,36-45H2,1-5H3/p+1/b16-14-,17-15-,21-20-,29-27-,35-33-/t46-,47?,48?/m1/s1. The van der Waals surface area contributed by atoms with E-state index >= 15 is 0 Å². The molecule has 0 aromatic heterocycles. The largest absolute Gasteiger partial charge is 0.472 e. The number of carbonyl (C=O) groups is 2. The maximum absolute atomic E-state index is 12.8. The van der Waals surface area contributed by atoms with Gasteiger partial charge in [0.1, 0.15) is 19.8 Å². The van der Waals surface area contributed by atoms with Crippen molar-refractivity contribution < 1.29 is 46.8 Å². The highest BCUT2D eigenvalue weighted by Gasteiger charge is 2.36. The molecule has 4 atom stereocenters. The number of unbranched alkanes of at least 4 members (excludes halogenated alkanes) is 15. The van der Waals surface area contributed by atoms with Crippen molar-refractivity contribution in [3.63, 3.8) is 0 Å². The van der Waals surface area contributed by atoms with Crippen LogP contribution in [0.1, 0.15) is 181 Å². The van der Waals surface area contributed by atoms with Crippen LogP contribution in [0.3, 0.4) is 0 Å². The molecule has 1 heterocycles. The van der Waals surface area contributed by atoms with Gasteiger partial charge in [-0.05, 0) is 83.5 Å². The number of quaternary nitrogens is 1. The molecule has 0 spiro atoms. The zero-order chi connectivity index (χ0) is 44.7. The molecule has 61 heavy (non-hydrogen) atoms. The van der Waals surface area contributed by atoms with Gasteiger partial charge in [0.2, 0.25) is 0 Å². The summed E-state index contributed by atoms with van der Waals surface area (Å²) in [5, 5.41) is 0. The number of allylic oxidation sites excluding steroid dienone is 9. The fourth-order valence-electron chi connectivity index (χ4n) is 6.54. The van der Waals surface area contributed by atoms with Gasteiger partial charge in [0.15, 0.2) is 6.10 Å². The second kappa shape index (κ2) is 38.2. The molecule has 0 saturated carbocycles. The summed E-state index contributed by atoms with van der Waals surface area (Å²) in [6.45, 7) is 4.28. The van der Waals surface area contributed by atoms with E-state index < -0.39 is 32.5 Å². The van der Waals surface area contributed by atoms with Gasteiger partial charge in [0.05, 0.1) is 40.0 Å². The predicted octanol–water partition coefficient (Wildman–Crippen LogP) is 13.0. The van der Waals surface area contributed by atoms with Gasteiger partial charge in [-0.2, -0.15) is 0 Å². The minimum atomic E-state index is -4.40. The van der Waals surface area contributed by atoms with E-state index in [9.17, 15) is 19.0 Å². The monoisotopic (exact) mass is 879 g/mol. The Morgan fingerprint density at radius 1 is 0.607 bits per heavy atom. The summed E-state index contributed by atoms with van der Waals surface area (Å²) in [4.78, 5) is 35.6. The van der Waals surface area contributed by atoms with Crippen molar-refractivity contribution in [2.24, 2.45) is 0 Å². The summed E-state index contributed by atoms with van der Waals surface area (Å²) in [5.74, 6) is -0.881. The van der Waals surface area contributed by atoms with Crippen LogP contribution in [0, 0.1) is 0 Å². The number of nitrogens with zero attached hydrogens (tertiary/aromatic N) is 1. The van der Waals surface area contributed by atoms with E-state index in [1.54, 1.807) is 0 Å². The molecule has 1 N–H and O–H groups in total. The van der Waals surface area contributed by atoms with Crippen molar-refractivity contribution in [3.05, 3.63) is 60.8 Å². The van der Waals surface area contributed by atoms with Gasteiger partial charge in [-0.15, -0.1) is 0 Å². The molecule has 352 valence electrons. The highest BCUT2D eigenvalue weighted by atomic mass is 31.2.